The van der Waals surface area contributed by atoms with Crippen molar-refractivity contribution < 1.29 is 0 Å². The van der Waals surface area contributed by atoms with E-state index in [1.54, 1.807) is 0 Å². The Kier molecular flexibility index (Phi) is 2.11. The third-order valence-electron chi connectivity index (χ3n) is 3.19. The van der Waals surface area contributed by atoms with Gasteiger partial charge in [-0.2, -0.15) is 5.10 Å². The van der Waals surface area contributed by atoms with Crippen molar-refractivity contribution in [1.82, 2.24) is 9.78 Å². The van der Waals surface area contributed by atoms with Crippen LogP contribution >= 0.6 is 11.8 Å². The summed E-state index contributed by atoms with van der Waals surface area (Å²) in [7, 11) is 2.03. The first-order valence-electron chi connectivity index (χ1n) is 5.42. The number of nitrogens with zero attached hydrogens (tertiary/aromatic N) is 2. The Morgan fingerprint density at radius 3 is 2.81 bits per heavy atom. The predicted molar refractivity (Wildman–Crippen MR) is 67.7 cm³/mol. The van der Waals surface area contributed by atoms with Crippen LogP contribution in [-0.2, 0) is 12.8 Å². The molecule has 0 fully saturated rings. The van der Waals surface area contributed by atoms with Crippen molar-refractivity contribution in [2.24, 2.45) is 7.05 Å². The number of hydrogen-bond donors (Lipinski definition) is 0. The van der Waals surface area contributed by atoms with E-state index in [4.69, 9.17) is 0 Å². The van der Waals surface area contributed by atoms with Crippen LogP contribution in [-0.4, -0.2) is 9.78 Å². The van der Waals surface area contributed by atoms with Gasteiger partial charge < -0.3 is 0 Å². The number of rotatable bonds is 0. The van der Waals surface area contributed by atoms with Gasteiger partial charge in [-0.25, -0.2) is 0 Å². The van der Waals surface area contributed by atoms with Crippen LogP contribution in [0, 0.1) is 13.8 Å². The number of thioether (sulfide) groups is 1. The molecule has 82 valence electrons. The van der Waals surface area contributed by atoms with Crippen molar-refractivity contribution in [3.63, 3.8) is 0 Å². The monoisotopic (exact) mass is 230 g/mol. The fourth-order valence-electron chi connectivity index (χ4n) is 2.33. The van der Waals surface area contributed by atoms with Crippen molar-refractivity contribution in [3.05, 3.63) is 35.0 Å². The molecule has 1 aliphatic rings. The molecule has 1 aromatic carbocycles. The van der Waals surface area contributed by atoms with Crippen molar-refractivity contribution in [2.45, 2.75) is 24.5 Å². The second-order valence-corrected chi connectivity index (χ2v) is 5.32. The first kappa shape index (κ1) is 9.97. The van der Waals surface area contributed by atoms with Gasteiger partial charge >= 0.3 is 0 Å². The maximum atomic E-state index is 4.37. The molecule has 0 amide bonds. The molecule has 1 aliphatic heterocycles. The van der Waals surface area contributed by atoms with Gasteiger partial charge in [0.15, 0.2) is 0 Å². The van der Waals surface area contributed by atoms with Crippen LogP contribution in [0.15, 0.2) is 23.2 Å². The Labute approximate surface area is 99.7 Å². The Balaban J connectivity index is 2.39. The van der Waals surface area contributed by atoms with E-state index in [9.17, 15) is 0 Å². The Morgan fingerprint density at radius 1 is 1.25 bits per heavy atom. The summed E-state index contributed by atoms with van der Waals surface area (Å²) in [5.41, 5.74) is 6.75. The molecule has 3 heteroatoms. The SMILES string of the molecule is Cc1ccc(C)c2c1SCc1cnn(C)c1-2. The molecule has 0 atom stereocenters. The largest absolute Gasteiger partial charge is 0.268 e. The standard InChI is InChI=1S/C13H14N2S/c1-8-4-5-9(2)13-11(8)12-10(7-16-13)6-14-15(12)3/h4-6H,7H2,1-3H3. The van der Waals surface area contributed by atoms with Gasteiger partial charge in [0.25, 0.3) is 0 Å². The van der Waals surface area contributed by atoms with Gasteiger partial charge in [0.05, 0.1) is 11.9 Å². The van der Waals surface area contributed by atoms with Crippen molar-refractivity contribution in [3.8, 4) is 11.3 Å². The molecule has 2 heterocycles. The third kappa shape index (κ3) is 1.24. The number of aromatic nitrogens is 2. The molecule has 3 rings (SSSR count). The van der Waals surface area contributed by atoms with Crippen molar-refractivity contribution >= 4 is 11.8 Å². The Morgan fingerprint density at radius 2 is 2.00 bits per heavy atom. The second kappa shape index (κ2) is 3.39. The molecule has 2 aromatic rings. The van der Waals surface area contributed by atoms with Crippen LogP contribution in [0.2, 0.25) is 0 Å². The van der Waals surface area contributed by atoms with Gasteiger partial charge in [0.2, 0.25) is 0 Å². The fraction of sp³-hybridized carbons (Fsp3) is 0.308. The van der Waals surface area contributed by atoms with Crippen LogP contribution < -0.4 is 0 Å². The van der Waals surface area contributed by atoms with E-state index in [2.05, 4.69) is 31.1 Å². The van der Waals surface area contributed by atoms with Gasteiger partial charge in [-0.1, -0.05) is 12.1 Å². The molecule has 0 N–H and O–H groups in total. The van der Waals surface area contributed by atoms with Crippen LogP contribution in [0.5, 0.6) is 0 Å². The molecule has 0 bridgehead atoms. The highest BCUT2D eigenvalue weighted by molar-refractivity contribution is 7.98. The predicted octanol–water partition coefficient (Wildman–Crippen LogP) is 3.31. The highest BCUT2D eigenvalue weighted by Crippen LogP contribution is 2.44. The van der Waals surface area contributed by atoms with Gasteiger partial charge in [-0.05, 0) is 25.0 Å². The van der Waals surface area contributed by atoms with Crippen LogP contribution in [0.25, 0.3) is 11.3 Å². The van der Waals surface area contributed by atoms with Crippen molar-refractivity contribution in [2.75, 3.05) is 0 Å². The maximum Gasteiger partial charge on any atom is 0.0733 e. The van der Waals surface area contributed by atoms with E-state index in [0.717, 1.165) is 5.75 Å². The summed E-state index contributed by atoms with van der Waals surface area (Å²) in [6.45, 7) is 4.37. The first-order valence-corrected chi connectivity index (χ1v) is 6.41. The van der Waals surface area contributed by atoms with E-state index < -0.39 is 0 Å². The fourth-order valence-corrected chi connectivity index (χ4v) is 3.54. The molecular weight excluding hydrogens is 216 g/mol. The lowest BCUT2D eigenvalue weighted by atomic mass is 10.00. The highest BCUT2D eigenvalue weighted by atomic mass is 32.2. The van der Waals surface area contributed by atoms with E-state index >= 15 is 0 Å². The van der Waals surface area contributed by atoms with Gasteiger partial charge in [-0.3, -0.25) is 4.68 Å². The average Bonchev–Trinajstić information content (AvgIpc) is 2.66. The van der Waals surface area contributed by atoms with Gasteiger partial charge in [0.1, 0.15) is 0 Å². The van der Waals surface area contributed by atoms with Crippen LogP contribution in [0.4, 0.5) is 0 Å². The lowest BCUT2D eigenvalue weighted by Gasteiger charge is -2.20. The zero-order valence-corrected chi connectivity index (χ0v) is 10.6. The summed E-state index contributed by atoms with van der Waals surface area (Å²) in [6.07, 6.45) is 1.99. The van der Waals surface area contributed by atoms with E-state index in [1.807, 2.05) is 29.7 Å². The molecular formula is C13H14N2S. The zero-order valence-electron chi connectivity index (χ0n) is 9.74. The maximum absolute atomic E-state index is 4.37. The average molecular weight is 230 g/mol. The number of fused-ring (bicyclic) bond motifs is 3. The molecule has 0 saturated carbocycles. The molecule has 0 aliphatic carbocycles. The Bertz CT molecular complexity index is 570. The van der Waals surface area contributed by atoms with E-state index in [1.165, 1.54) is 32.8 Å². The molecule has 0 saturated heterocycles. The lowest BCUT2D eigenvalue weighted by molar-refractivity contribution is 0.773. The minimum Gasteiger partial charge on any atom is -0.268 e. The minimum absolute atomic E-state index is 1.04. The lowest BCUT2D eigenvalue weighted by Crippen LogP contribution is -2.03. The van der Waals surface area contributed by atoms with Gasteiger partial charge in [-0.15, -0.1) is 11.8 Å². The quantitative estimate of drug-likeness (QED) is 0.691. The minimum atomic E-state index is 1.04. The molecule has 0 radical (unpaired) electrons. The summed E-state index contributed by atoms with van der Waals surface area (Å²) in [4.78, 5) is 1.43. The molecule has 0 spiro atoms. The zero-order chi connectivity index (χ0) is 11.3. The molecule has 1 aromatic heterocycles. The first-order chi connectivity index (χ1) is 7.68. The van der Waals surface area contributed by atoms with E-state index in [0.29, 0.717) is 0 Å². The Hall–Kier alpha value is -1.22. The summed E-state index contributed by atoms with van der Waals surface area (Å²) < 4.78 is 2.00. The third-order valence-corrected chi connectivity index (χ3v) is 4.46. The number of benzene rings is 1. The molecule has 2 nitrogen and oxygen atoms in total. The highest BCUT2D eigenvalue weighted by Gasteiger charge is 2.23. The smallest absolute Gasteiger partial charge is 0.0733 e. The topological polar surface area (TPSA) is 17.8 Å². The van der Waals surface area contributed by atoms with Crippen LogP contribution in [0.3, 0.4) is 0 Å². The number of hydrogen-bond acceptors (Lipinski definition) is 2. The normalized spacial score (nSPS) is 13.4. The van der Waals surface area contributed by atoms with E-state index in [-0.39, 0.29) is 0 Å². The van der Waals surface area contributed by atoms with Crippen molar-refractivity contribution in [1.29, 1.82) is 0 Å². The molecule has 0 unspecified atom stereocenters. The second-order valence-electron chi connectivity index (χ2n) is 4.33. The summed E-state index contributed by atoms with van der Waals surface area (Å²) >= 11 is 1.93. The summed E-state index contributed by atoms with van der Waals surface area (Å²) in [6, 6.07) is 4.42. The number of aryl methyl sites for hydroxylation is 3. The van der Waals surface area contributed by atoms with Crippen LogP contribution in [0.1, 0.15) is 16.7 Å². The van der Waals surface area contributed by atoms with Gasteiger partial charge in [0, 0.05) is 28.8 Å². The summed E-state index contributed by atoms with van der Waals surface area (Å²) in [5, 5.41) is 4.37. The molecule has 16 heavy (non-hydrogen) atoms. The summed E-state index contributed by atoms with van der Waals surface area (Å²) in [5.74, 6) is 1.04.